The van der Waals surface area contributed by atoms with Crippen molar-refractivity contribution in [2.75, 3.05) is 30.8 Å². The minimum atomic E-state index is -0.891. The molecule has 1 aliphatic heterocycles. The van der Waals surface area contributed by atoms with Crippen LogP contribution in [0, 0.1) is 0 Å². The standard InChI is InChI=1S/C24H26BrN7O3/c1-27-22(34)17-4-2-3-5-20(17)30-21-18(25)11-28-24(31-21)29-16-7-6-15-12-32(9-8-14(15)10-16)23(35)19(26)13-33/h2-7,10-11,19,33H,8-9,12-13,26H2,1H3,(H,27,34)(H2,28,29,30,31)/t19-/m0/s1. The number of nitrogens with zero attached hydrogens (tertiary/aromatic N) is 3. The van der Waals surface area contributed by atoms with E-state index in [1.54, 1.807) is 36.3 Å². The van der Waals surface area contributed by atoms with Gasteiger partial charge in [0.2, 0.25) is 11.9 Å². The Balaban J connectivity index is 1.50. The summed E-state index contributed by atoms with van der Waals surface area (Å²) in [7, 11) is 1.58. The Bertz CT molecular complexity index is 1250. The zero-order valence-electron chi connectivity index (χ0n) is 19.1. The van der Waals surface area contributed by atoms with Gasteiger partial charge in [0.15, 0.2) is 0 Å². The van der Waals surface area contributed by atoms with Crippen LogP contribution in [0.1, 0.15) is 21.5 Å². The lowest BCUT2D eigenvalue weighted by Crippen LogP contribution is -2.47. The van der Waals surface area contributed by atoms with Gasteiger partial charge in [-0.2, -0.15) is 4.98 Å². The molecule has 0 aliphatic carbocycles. The molecule has 6 N–H and O–H groups in total. The molecule has 35 heavy (non-hydrogen) atoms. The summed E-state index contributed by atoms with van der Waals surface area (Å²) in [5, 5.41) is 18.2. The summed E-state index contributed by atoms with van der Waals surface area (Å²) < 4.78 is 0.644. The van der Waals surface area contributed by atoms with E-state index in [0.29, 0.717) is 47.0 Å². The summed E-state index contributed by atoms with van der Waals surface area (Å²) in [5.74, 6) is 0.437. The van der Waals surface area contributed by atoms with Gasteiger partial charge in [0.25, 0.3) is 5.91 Å². The van der Waals surface area contributed by atoms with Crippen molar-refractivity contribution >= 4 is 50.9 Å². The number of amides is 2. The Labute approximate surface area is 211 Å². The van der Waals surface area contributed by atoms with Gasteiger partial charge in [0.1, 0.15) is 11.9 Å². The topological polar surface area (TPSA) is 146 Å². The second-order valence-corrected chi connectivity index (χ2v) is 8.90. The fraction of sp³-hybridized carbons (Fsp3) is 0.250. The maximum absolute atomic E-state index is 12.3. The molecular formula is C24H26BrN7O3. The molecule has 0 bridgehead atoms. The molecule has 2 heterocycles. The highest BCUT2D eigenvalue weighted by molar-refractivity contribution is 9.10. The molecule has 2 aromatic carbocycles. The number of hydrogen-bond donors (Lipinski definition) is 5. The molecule has 2 amide bonds. The van der Waals surface area contributed by atoms with Crippen LogP contribution in [0.5, 0.6) is 0 Å². The highest BCUT2D eigenvalue weighted by Crippen LogP contribution is 2.28. The van der Waals surface area contributed by atoms with Gasteiger partial charge < -0.3 is 31.7 Å². The normalized spacial score (nSPS) is 13.5. The molecule has 0 saturated heterocycles. The number of carbonyl (C=O) groups excluding carboxylic acids is 2. The lowest BCUT2D eigenvalue weighted by atomic mass is 9.98. The van der Waals surface area contributed by atoms with Crippen LogP contribution in [0.25, 0.3) is 0 Å². The number of nitrogens with two attached hydrogens (primary N) is 1. The summed E-state index contributed by atoms with van der Waals surface area (Å²) in [4.78, 5) is 35.1. The molecule has 11 heteroatoms. The van der Waals surface area contributed by atoms with Crippen LogP contribution in [0.15, 0.2) is 53.1 Å². The summed E-state index contributed by atoms with van der Waals surface area (Å²) in [6, 6.07) is 12.1. The van der Waals surface area contributed by atoms with E-state index in [0.717, 1.165) is 16.8 Å². The first-order chi connectivity index (χ1) is 16.9. The first kappa shape index (κ1) is 24.6. The summed E-state index contributed by atoms with van der Waals surface area (Å²) >= 11 is 3.46. The van der Waals surface area contributed by atoms with Gasteiger partial charge in [0.05, 0.1) is 22.3 Å². The average Bonchev–Trinajstić information content (AvgIpc) is 2.89. The SMILES string of the molecule is CNC(=O)c1ccccc1Nc1nc(Nc2ccc3c(c2)CCN(C(=O)[C@@H](N)CO)C3)ncc1Br. The Kier molecular flexibility index (Phi) is 7.59. The van der Waals surface area contributed by atoms with Crippen LogP contribution in [0.3, 0.4) is 0 Å². The maximum Gasteiger partial charge on any atom is 0.253 e. The predicted molar refractivity (Wildman–Crippen MR) is 137 cm³/mol. The van der Waals surface area contributed by atoms with E-state index in [-0.39, 0.29) is 18.4 Å². The molecule has 0 saturated carbocycles. The van der Waals surface area contributed by atoms with Crippen LogP contribution < -0.4 is 21.7 Å². The third-order valence-corrected chi connectivity index (χ3v) is 6.28. The molecule has 0 radical (unpaired) electrons. The molecule has 4 rings (SSSR count). The lowest BCUT2D eigenvalue weighted by Gasteiger charge is -2.30. The van der Waals surface area contributed by atoms with E-state index in [2.05, 4.69) is 41.8 Å². The molecule has 182 valence electrons. The lowest BCUT2D eigenvalue weighted by molar-refractivity contribution is -0.134. The maximum atomic E-state index is 12.3. The zero-order valence-corrected chi connectivity index (χ0v) is 20.7. The van der Waals surface area contributed by atoms with E-state index in [1.807, 2.05) is 24.3 Å². The van der Waals surface area contributed by atoms with Gasteiger partial charge in [-0.05, 0) is 57.7 Å². The fourth-order valence-electron chi connectivity index (χ4n) is 3.83. The first-order valence-corrected chi connectivity index (χ1v) is 11.8. The second-order valence-electron chi connectivity index (χ2n) is 8.05. The van der Waals surface area contributed by atoms with Crippen molar-refractivity contribution in [2.45, 2.75) is 19.0 Å². The number of fused-ring (bicyclic) bond motifs is 1. The molecule has 10 nitrogen and oxygen atoms in total. The van der Waals surface area contributed by atoms with Crippen LogP contribution in [-0.4, -0.2) is 58.0 Å². The van der Waals surface area contributed by atoms with Gasteiger partial charge in [-0.1, -0.05) is 18.2 Å². The van der Waals surface area contributed by atoms with E-state index >= 15 is 0 Å². The number of aromatic nitrogens is 2. The molecule has 3 aromatic rings. The predicted octanol–water partition coefficient (Wildman–Crippen LogP) is 2.29. The fourth-order valence-corrected chi connectivity index (χ4v) is 4.12. The number of aliphatic hydroxyl groups is 1. The molecule has 0 fully saturated rings. The van der Waals surface area contributed by atoms with E-state index in [9.17, 15) is 9.59 Å². The van der Waals surface area contributed by atoms with Crippen LogP contribution in [0.2, 0.25) is 0 Å². The third-order valence-electron chi connectivity index (χ3n) is 5.70. The highest BCUT2D eigenvalue weighted by atomic mass is 79.9. The molecule has 1 atom stereocenters. The van der Waals surface area contributed by atoms with Crippen molar-refractivity contribution in [1.29, 1.82) is 0 Å². The number of anilines is 4. The summed E-state index contributed by atoms with van der Waals surface area (Å²) in [5.41, 5.74) is 9.76. The van der Waals surface area contributed by atoms with Gasteiger partial charge in [0, 0.05) is 32.0 Å². The van der Waals surface area contributed by atoms with Crippen LogP contribution in [-0.2, 0) is 17.8 Å². The zero-order chi connectivity index (χ0) is 24.9. The number of carbonyl (C=O) groups is 2. The van der Waals surface area contributed by atoms with Crippen molar-refractivity contribution in [3.63, 3.8) is 0 Å². The summed E-state index contributed by atoms with van der Waals surface area (Å²) in [6.07, 6.45) is 2.31. The number of halogens is 1. The molecule has 1 aliphatic rings. The second kappa shape index (κ2) is 10.8. The Morgan fingerprint density at radius 2 is 2.00 bits per heavy atom. The highest BCUT2D eigenvalue weighted by Gasteiger charge is 2.24. The Morgan fingerprint density at radius 1 is 1.20 bits per heavy atom. The van der Waals surface area contributed by atoms with Crippen molar-refractivity contribution in [1.82, 2.24) is 20.2 Å². The van der Waals surface area contributed by atoms with Crippen molar-refractivity contribution in [3.05, 3.63) is 69.8 Å². The number of benzene rings is 2. The molecular weight excluding hydrogens is 514 g/mol. The van der Waals surface area contributed by atoms with Crippen molar-refractivity contribution in [3.8, 4) is 0 Å². The number of nitrogens with one attached hydrogen (secondary N) is 3. The molecule has 0 spiro atoms. The van der Waals surface area contributed by atoms with Crippen molar-refractivity contribution < 1.29 is 14.7 Å². The van der Waals surface area contributed by atoms with Gasteiger partial charge in [-0.25, -0.2) is 4.98 Å². The average molecular weight is 540 g/mol. The van der Waals surface area contributed by atoms with Crippen molar-refractivity contribution in [2.24, 2.45) is 5.73 Å². The Hall–Kier alpha value is -3.54. The number of hydrogen-bond acceptors (Lipinski definition) is 8. The Morgan fingerprint density at radius 3 is 2.77 bits per heavy atom. The molecule has 0 unspecified atom stereocenters. The largest absolute Gasteiger partial charge is 0.394 e. The molecule has 1 aromatic heterocycles. The number of aliphatic hydroxyl groups excluding tert-OH is 1. The third kappa shape index (κ3) is 5.59. The minimum Gasteiger partial charge on any atom is -0.394 e. The van der Waals surface area contributed by atoms with Gasteiger partial charge >= 0.3 is 0 Å². The van der Waals surface area contributed by atoms with Crippen LogP contribution >= 0.6 is 15.9 Å². The summed E-state index contributed by atoms with van der Waals surface area (Å²) in [6.45, 7) is 0.624. The number of rotatable bonds is 7. The monoisotopic (exact) mass is 539 g/mol. The quantitative estimate of drug-likeness (QED) is 0.307. The van der Waals surface area contributed by atoms with E-state index in [4.69, 9.17) is 10.8 Å². The van der Waals surface area contributed by atoms with E-state index < -0.39 is 6.04 Å². The minimum absolute atomic E-state index is 0.204. The van der Waals surface area contributed by atoms with E-state index in [1.165, 1.54) is 0 Å². The van der Waals surface area contributed by atoms with Gasteiger partial charge in [-0.3, -0.25) is 9.59 Å². The number of para-hydroxylation sites is 1. The first-order valence-electron chi connectivity index (χ1n) is 11.0. The smallest absolute Gasteiger partial charge is 0.253 e. The van der Waals surface area contributed by atoms with Gasteiger partial charge in [-0.15, -0.1) is 0 Å². The van der Waals surface area contributed by atoms with Crippen LogP contribution in [0.4, 0.5) is 23.1 Å².